The first-order valence-corrected chi connectivity index (χ1v) is 7.49. The predicted molar refractivity (Wildman–Crippen MR) is 62.3 cm³/mol. The third-order valence-corrected chi connectivity index (χ3v) is 4.43. The van der Waals surface area contributed by atoms with Gasteiger partial charge in [0.15, 0.2) is 0 Å². The summed E-state index contributed by atoms with van der Waals surface area (Å²) in [6.45, 7) is 4.08. The molecular weight excluding hydrogens is 236 g/mol. The first kappa shape index (κ1) is 13.2. The van der Waals surface area contributed by atoms with Crippen molar-refractivity contribution in [1.29, 1.82) is 0 Å². The highest BCUT2D eigenvalue weighted by Gasteiger charge is 2.27. The van der Waals surface area contributed by atoms with Crippen molar-refractivity contribution >= 4 is 21.6 Å². The van der Waals surface area contributed by atoms with Crippen molar-refractivity contribution in [1.82, 2.24) is 9.84 Å². The maximum Gasteiger partial charge on any atom is 0.225 e. The Kier molecular flexibility index (Phi) is 4.83. The summed E-state index contributed by atoms with van der Waals surface area (Å²) in [7, 11) is -3.25. The molecule has 2 atom stereocenters. The largest absolute Gasteiger partial charge is 0.225 e. The van der Waals surface area contributed by atoms with Gasteiger partial charge in [-0.15, -0.1) is 16.4 Å². The van der Waals surface area contributed by atoms with Crippen molar-refractivity contribution in [3.63, 3.8) is 0 Å². The lowest BCUT2D eigenvalue weighted by Crippen LogP contribution is -2.54. The number of alkyl halides is 1. The second kappa shape index (κ2) is 5.48. The summed E-state index contributed by atoms with van der Waals surface area (Å²) < 4.78 is 23.1. The number of piperidine rings is 1. The summed E-state index contributed by atoms with van der Waals surface area (Å²) in [5.74, 6) is 0.108. The lowest BCUT2D eigenvalue weighted by atomic mass is 10.0. The van der Waals surface area contributed by atoms with Crippen LogP contribution in [0.25, 0.3) is 0 Å². The van der Waals surface area contributed by atoms with E-state index in [1.165, 1.54) is 0 Å². The van der Waals surface area contributed by atoms with E-state index >= 15 is 0 Å². The summed E-state index contributed by atoms with van der Waals surface area (Å²) in [6.07, 6.45) is 3.23. The van der Waals surface area contributed by atoms with Crippen LogP contribution in [0.3, 0.4) is 0 Å². The van der Waals surface area contributed by atoms with E-state index < -0.39 is 10.0 Å². The minimum Gasteiger partial charge on any atom is -0.225 e. The van der Waals surface area contributed by atoms with Crippen LogP contribution in [0.1, 0.15) is 33.1 Å². The van der Waals surface area contributed by atoms with Gasteiger partial charge in [-0.05, 0) is 26.7 Å². The summed E-state index contributed by atoms with van der Waals surface area (Å²) in [6, 6.07) is 0.526. The highest BCUT2D eigenvalue weighted by molar-refractivity contribution is 7.89. The number of hydrogen-bond acceptors (Lipinski definition) is 3. The van der Waals surface area contributed by atoms with E-state index in [1.54, 1.807) is 0 Å². The van der Waals surface area contributed by atoms with Gasteiger partial charge in [0.2, 0.25) is 10.0 Å². The quantitative estimate of drug-likeness (QED) is 0.770. The molecule has 0 bridgehead atoms. The molecule has 1 aliphatic rings. The van der Waals surface area contributed by atoms with E-state index in [1.807, 2.05) is 18.9 Å². The Labute approximate surface area is 97.0 Å². The van der Waals surface area contributed by atoms with Crippen LogP contribution in [-0.2, 0) is 10.0 Å². The Bertz CT molecular complexity index is 284. The van der Waals surface area contributed by atoms with Gasteiger partial charge in [-0.3, -0.25) is 0 Å². The minimum atomic E-state index is -3.25. The van der Waals surface area contributed by atoms with E-state index in [-0.39, 0.29) is 23.7 Å². The third kappa shape index (κ3) is 3.90. The Morgan fingerprint density at radius 2 is 1.87 bits per heavy atom. The molecule has 2 unspecified atom stereocenters. The van der Waals surface area contributed by atoms with Crippen LogP contribution in [0.2, 0.25) is 0 Å². The number of hydrogen-bond donors (Lipinski definition) is 1. The maximum absolute atomic E-state index is 11.6. The van der Waals surface area contributed by atoms with Crippen LogP contribution in [0.15, 0.2) is 0 Å². The average Bonchev–Trinajstić information content (AvgIpc) is 2.11. The molecule has 1 rings (SSSR count). The topological polar surface area (TPSA) is 49.4 Å². The molecule has 0 saturated carbocycles. The van der Waals surface area contributed by atoms with Gasteiger partial charge in [-0.1, -0.05) is 6.42 Å². The van der Waals surface area contributed by atoms with Crippen LogP contribution in [0, 0.1) is 0 Å². The van der Waals surface area contributed by atoms with E-state index in [0.29, 0.717) is 0 Å². The lowest BCUT2D eigenvalue weighted by Gasteiger charge is -2.38. The molecule has 0 radical (unpaired) electrons. The molecule has 90 valence electrons. The molecule has 1 N–H and O–H groups in total. The zero-order valence-corrected chi connectivity index (χ0v) is 10.8. The van der Waals surface area contributed by atoms with Crippen LogP contribution in [-0.4, -0.2) is 37.1 Å². The Hall–Kier alpha value is 0.160. The molecule has 0 aromatic heterocycles. The third-order valence-electron chi connectivity index (χ3n) is 2.78. The van der Waals surface area contributed by atoms with Crippen molar-refractivity contribution < 1.29 is 8.42 Å². The molecule has 0 aliphatic carbocycles. The molecule has 1 heterocycles. The molecule has 1 fully saturated rings. The van der Waals surface area contributed by atoms with Crippen molar-refractivity contribution in [2.45, 2.75) is 45.2 Å². The molecule has 0 aromatic carbocycles. The summed E-state index contributed by atoms with van der Waals surface area (Å²) in [4.78, 5) is 2.62. The number of hydrazine groups is 1. The number of halogens is 1. The molecule has 0 spiro atoms. The zero-order chi connectivity index (χ0) is 11.5. The fourth-order valence-corrected chi connectivity index (χ4v) is 3.49. The van der Waals surface area contributed by atoms with Gasteiger partial charge in [-0.25, -0.2) is 13.4 Å². The zero-order valence-electron chi connectivity index (χ0n) is 9.24. The van der Waals surface area contributed by atoms with Gasteiger partial charge < -0.3 is 0 Å². The first-order valence-electron chi connectivity index (χ1n) is 5.30. The summed E-state index contributed by atoms with van der Waals surface area (Å²) in [5.41, 5.74) is 0. The Balaban J connectivity index is 2.62. The average molecular weight is 255 g/mol. The normalized spacial score (nSPS) is 29.3. The van der Waals surface area contributed by atoms with E-state index in [0.717, 1.165) is 19.3 Å². The lowest BCUT2D eigenvalue weighted by molar-refractivity contribution is 0.0791. The monoisotopic (exact) mass is 254 g/mol. The van der Waals surface area contributed by atoms with E-state index in [9.17, 15) is 8.42 Å². The molecule has 0 aromatic rings. The maximum atomic E-state index is 11.6. The van der Waals surface area contributed by atoms with Crippen LogP contribution in [0.5, 0.6) is 0 Å². The standard InChI is InChI=1S/C9H19ClN2O2S/c1-8-4-3-5-9(2)12(8)11-15(13,14)7-6-10/h8-9,11H,3-7H2,1-2H3. The first-order chi connectivity index (χ1) is 6.96. The molecule has 4 nitrogen and oxygen atoms in total. The van der Waals surface area contributed by atoms with Crippen LogP contribution < -0.4 is 4.83 Å². The van der Waals surface area contributed by atoms with Crippen molar-refractivity contribution in [2.24, 2.45) is 0 Å². The molecule has 0 amide bonds. The number of nitrogens with zero attached hydrogens (tertiary/aromatic N) is 1. The second-order valence-electron chi connectivity index (χ2n) is 4.14. The SMILES string of the molecule is CC1CCCC(C)N1NS(=O)(=O)CCCl. The van der Waals surface area contributed by atoms with Gasteiger partial charge in [0.25, 0.3) is 0 Å². The molecule has 6 heteroatoms. The van der Waals surface area contributed by atoms with Gasteiger partial charge >= 0.3 is 0 Å². The fraction of sp³-hybridized carbons (Fsp3) is 1.00. The predicted octanol–water partition coefficient (Wildman–Crippen LogP) is 1.32. The van der Waals surface area contributed by atoms with Crippen LogP contribution >= 0.6 is 11.6 Å². The van der Waals surface area contributed by atoms with Crippen molar-refractivity contribution in [2.75, 3.05) is 11.6 Å². The highest BCUT2D eigenvalue weighted by atomic mass is 35.5. The van der Waals surface area contributed by atoms with Gasteiger partial charge in [-0.2, -0.15) is 0 Å². The number of rotatable bonds is 4. The van der Waals surface area contributed by atoms with Gasteiger partial charge in [0, 0.05) is 18.0 Å². The highest BCUT2D eigenvalue weighted by Crippen LogP contribution is 2.20. The smallest absolute Gasteiger partial charge is 0.225 e. The second-order valence-corrected chi connectivity index (χ2v) is 6.33. The van der Waals surface area contributed by atoms with Crippen LogP contribution in [0.4, 0.5) is 0 Å². The molecule has 1 aliphatic heterocycles. The Morgan fingerprint density at radius 3 is 2.33 bits per heavy atom. The van der Waals surface area contributed by atoms with Crippen molar-refractivity contribution in [3.8, 4) is 0 Å². The molecule has 15 heavy (non-hydrogen) atoms. The number of nitrogens with one attached hydrogen (secondary N) is 1. The molecular formula is C9H19ClN2O2S. The molecule has 1 saturated heterocycles. The summed E-state index contributed by atoms with van der Waals surface area (Å²) in [5, 5.41) is 1.84. The van der Waals surface area contributed by atoms with E-state index in [4.69, 9.17) is 11.6 Å². The number of sulfonamides is 1. The van der Waals surface area contributed by atoms with Crippen molar-refractivity contribution in [3.05, 3.63) is 0 Å². The van der Waals surface area contributed by atoms with E-state index in [2.05, 4.69) is 4.83 Å². The van der Waals surface area contributed by atoms with Gasteiger partial charge in [0.1, 0.15) is 0 Å². The van der Waals surface area contributed by atoms with Gasteiger partial charge in [0.05, 0.1) is 5.75 Å². The minimum absolute atomic E-state index is 0.0233. The summed E-state index contributed by atoms with van der Waals surface area (Å²) >= 11 is 5.44. The fourth-order valence-electron chi connectivity index (χ4n) is 1.91. The Morgan fingerprint density at radius 1 is 1.33 bits per heavy atom.